The van der Waals surface area contributed by atoms with Crippen LogP contribution in [0.2, 0.25) is 0 Å². The smallest absolute Gasteiger partial charge is 0.251 e. The molecule has 1 aliphatic rings. The molecule has 2 heterocycles. The monoisotopic (exact) mass is 557 g/mol. The van der Waals surface area contributed by atoms with E-state index in [-0.39, 0.29) is 36.0 Å². The van der Waals surface area contributed by atoms with Crippen molar-refractivity contribution < 1.29 is 9.53 Å². The first-order chi connectivity index (χ1) is 14.6. The number of benzene rings is 1. The summed E-state index contributed by atoms with van der Waals surface area (Å²) in [5.74, 6) is 0.694. The number of thiazole rings is 1. The van der Waals surface area contributed by atoms with Gasteiger partial charge in [0.05, 0.1) is 17.7 Å². The first-order valence-corrected chi connectivity index (χ1v) is 11.4. The summed E-state index contributed by atoms with van der Waals surface area (Å²) in [6.45, 7) is 7.52. The molecule has 7 nitrogen and oxygen atoms in total. The quantitative estimate of drug-likeness (QED) is 0.250. The van der Waals surface area contributed by atoms with Gasteiger partial charge in [-0.05, 0) is 44.4 Å². The maximum atomic E-state index is 12.4. The molecule has 1 amide bonds. The lowest BCUT2D eigenvalue weighted by atomic mass is 10.1. The fourth-order valence-electron chi connectivity index (χ4n) is 3.24. The van der Waals surface area contributed by atoms with Gasteiger partial charge in [0.2, 0.25) is 0 Å². The van der Waals surface area contributed by atoms with E-state index >= 15 is 0 Å². The van der Waals surface area contributed by atoms with Crippen LogP contribution in [0.5, 0.6) is 0 Å². The Balaban J connectivity index is 0.00000341. The van der Waals surface area contributed by atoms with Gasteiger partial charge in [-0.25, -0.2) is 9.98 Å². The minimum Gasteiger partial charge on any atom is -0.376 e. The lowest BCUT2D eigenvalue weighted by Crippen LogP contribution is -2.38. The van der Waals surface area contributed by atoms with Crippen LogP contribution in [-0.2, 0) is 17.7 Å². The molecule has 1 unspecified atom stereocenters. The van der Waals surface area contributed by atoms with Gasteiger partial charge in [-0.2, -0.15) is 0 Å². The summed E-state index contributed by atoms with van der Waals surface area (Å²) < 4.78 is 5.56. The van der Waals surface area contributed by atoms with Crippen molar-refractivity contribution >= 4 is 47.2 Å². The van der Waals surface area contributed by atoms with Gasteiger partial charge < -0.3 is 20.7 Å². The fraction of sp³-hybridized carbons (Fsp3) is 0.500. The molecule has 170 valence electrons. The summed E-state index contributed by atoms with van der Waals surface area (Å²) >= 11 is 1.72. The summed E-state index contributed by atoms with van der Waals surface area (Å²) in [7, 11) is 0. The zero-order valence-electron chi connectivity index (χ0n) is 18.1. The number of amides is 1. The Morgan fingerprint density at radius 2 is 2.19 bits per heavy atom. The Labute approximate surface area is 205 Å². The van der Waals surface area contributed by atoms with Crippen molar-refractivity contribution in [1.82, 2.24) is 20.9 Å². The number of carbonyl (C=O) groups excluding carboxylic acids is 1. The van der Waals surface area contributed by atoms with Crippen molar-refractivity contribution in [3.63, 3.8) is 0 Å². The summed E-state index contributed by atoms with van der Waals surface area (Å²) in [5.41, 5.74) is 1.64. The van der Waals surface area contributed by atoms with Crippen LogP contribution in [0.3, 0.4) is 0 Å². The number of carbonyl (C=O) groups is 1. The molecule has 0 bridgehead atoms. The first-order valence-electron chi connectivity index (χ1n) is 10.6. The number of ether oxygens (including phenoxy) is 1. The van der Waals surface area contributed by atoms with Gasteiger partial charge in [-0.15, -0.1) is 35.3 Å². The number of hydrogen-bond acceptors (Lipinski definition) is 5. The number of guanidine groups is 1. The number of aromatic nitrogens is 1. The minimum absolute atomic E-state index is 0. The number of nitrogens with one attached hydrogen (secondary N) is 3. The highest BCUT2D eigenvalue weighted by Gasteiger charge is 2.16. The number of aryl methyl sites for hydroxylation is 1. The highest BCUT2D eigenvalue weighted by molar-refractivity contribution is 14.0. The van der Waals surface area contributed by atoms with Crippen molar-refractivity contribution in [2.75, 3.05) is 26.2 Å². The summed E-state index contributed by atoms with van der Waals surface area (Å²) in [6, 6.07) is 7.62. The third kappa shape index (κ3) is 8.74. The van der Waals surface area contributed by atoms with E-state index < -0.39 is 0 Å². The number of hydrogen-bond donors (Lipinski definition) is 3. The zero-order chi connectivity index (χ0) is 21.2. The lowest BCUT2D eigenvalue weighted by Gasteiger charge is -2.12. The molecule has 0 radical (unpaired) electrons. The van der Waals surface area contributed by atoms with Crippen LogP contribution in [0.15, 0.2) is 35.5 Å². The number of halogens is 1. The normalized spacial score (nSPS) is 15.9. The van der Waals surface area contributed by atoms with Crippen LogP contribution >= 0.6 is 35.3 Å². The molecule has 9 heteroatoms. The topological polar surface area (TPSA) is 87.6 Å². The van der Waals surface area contributed by atoms with E-state index in [1.54, 1.807) is 11.3 Å². The molecule has 1 aromatic carbocycles. The van der Waals surface area contributed by atoms with E-state index in [1.807, 2.05) is 37.4 Å². The van der Waals surface area contributed by atoms with Gasteiger partial charge in [-0.1, -0.05) is 12.1 Å². The van der Waals surface area contributed by atoms with Crippen LogP contribution in [0.1, 0.15) is 45.6 Å². The third-order valence-corrected chi connectivity index (χ3v) is 5.74. The molecule has 1 aliphatic heterocycles. The van der Waals surface area contributed by atoms with E-state index in [1.165, 1.54) is 4.88 Å². The average Bonchev–Trinajstić information content (AvgIpc) is 3.42. The molecule has 1 fully saturated rings. The Hall–Kier alpha value is -1.72. The molecule has 1 aromatic heterocycles. The van der Waals surface area contributed by atoms with Crippen LogP contribution in [0.4, 0.5) is 0 Å². The van der Waals surface area contributed by atoms with E-state index in [0.717, 1.165) is 55.5 Å². The second-order valence-electron chi connectivity index (χ2n) is 7.28. The van der Waals surface area contributed by atoms with Gasteiger partial charge in [0.25, 0.3) is 5.91 Å². The molecule has 0 aliphatic carbocycles. The SMILES string of the molecule is CCNC(=NCc1cccc(C(=O)NCC2CCCO2)c1)NCCc1ncc(C)s1.I. The van der Waals surface area contributed by atoms with Gasteiger partial charge in [0.1, 0.15) is 0 Å². The molecule has 3 N–H and O–H groups in total. The summed E-state index contributed by atoms with van der Waals surface area (Å²) in [5, 5.41) is 10.7. The number of aliphatic imine (C=N–C) groups is 1. The highest BCUT2D eigenvalue weighted by Crippen LogP contribution is 2.12. The third-order valence-electron chi connectivity index (χ3n) is 4.77. The van der Waals surface area contributed by atoms with Gasteiger partial charge >= 0.3 is 0 Å². The molecule has 0 saturated carbocycles. The van der Waals surface area contributed by atoms with Crippen molar-refractivity contribution in [2.45, 2.75) is 45.8 Å². The van der Waals surface area contributed by atoms with E-state index in [0.29, 0.717) is 18.7 Å². The molecule has 1 saturated heterocycles. The molecule has 31 heavy (non-hydrogen) atoms. The van der Waals surface area contributed by atoms with Gasteiger partial charge in [0.15, 0.2) is 5.96 Å². The largest absolute Gasteiger partial charge is 0.376 e. The molecular formula is C22H32IN5O2S. The van der Waals surface area contributed by atoms with Crippen LogP contribution in [0.25, 0.3) is 0 Å². The van der Waals surface area contributed by atoms with E-state index in [2.05, 4.69) is 32.9 Å². The number of nitrogens with zero attached hydrogens (tertiary/aromatic N) is 2. The second-order valence-corrected chi connectivity index (χ2v) is 8.60. The zero-order valence-corrected chi connectivity index (χ0v) is 21.3. The Morgan fingerprint density at radius 1 is 1.32 bits per heavy atom. The Morgan fingerprint density at radius 3 is 2.90 bits per heavy atom. The van der Waals surface area contributed by atoms with Crippen molar-refractivity contribution in [1.29, 1.82) is 0 Å². The molecule has 3 rings (SSSR count). The van der Waals surface area contributed by atoms with Gasteiger partial charge in [-0.3, -0.25) is 4.79 Å². The predicted octanol–water partition coefficient (Wildman–Crippen LogP) is 3.28. The van der Waals surface area contributed by atoms with Crippen LogP contribution < -0.4 is 16.0 Å². The van der Waals surface area contributed by atoms with Gasteiger partial charge in [0, 0.05) is 49.3 Å². The number of rotatable bonds is 9. The van der Waals surface area contributed by atoms with E-state index in [9.17, 15) is 4.79 Å². The second kappa shape index (κ2) is 13.6. The first kappa shape index (κ1) is 25.5. The molecule has 2 aromatic rings. The van der Waals surface area contributed by atoms with Crippen LogP contribution in [-0.4, -0.2) is 49.2 Å². The Bertz CT molecular complexity index is 852. The molecule has 1 atom stereocenters. The van der Waals surface area contributed by atoms with E-state index in [4.69, 9.17) is 4.74 Å². The average molecular weight is 558 g/mol. The maximum absolute atomic E-state index is 12.4. The highest BCUT2D eigenvalue weighted by atomic mass is 127. The Kier molecular flexibility index (Phi) is 11.2. The minimum atomic E-state index is -0.0693. The fourth-order valence-corrected chi connectivity index (χ4v) is 4.03. The summed E-state index contributed by atoms with van der Waals surface area (Å²) in [6.07, 6.45) is 4.99. The predicted molar refractivity (Wildman–Crippen MR) is 137 cm³/mol. The van der Waals surface area contributed by atoms with Crippen molar-refractivity contribution in [3.05, 3.63) is 51.5 Å². The molecule has 0 spiro atoms. The maximum Gasteiger partial charge on any atom is 0.251 e. The summed E-state index contributed by atoms with van der Waals surface area (Å²) in [4.78, 5) is 22.7. The van der Waals surface area contributed by atoms with Crippen molar-refractivity contribution in [2.24, 2.45) is 4.99 Å². The lowest BCUT2D eigenvalue weighted by molar-refractivity contribution is 0.0857. The van der Waals surface area contributed by atoms with Crippen molar-refractivity contribution in [3.8, 4) is 0 Å². The van der Waals surface area contributed by atoms with Crippen LogP contribution in [0, 0.1) is 6.92 Å². The standard InChI is InChI=1S/C22H31N5O2S.HI/c1-3-23-22(24-10-9-20-25-13-16(2)30-20)27-14-17-6-4-7-18(12-17)21(28)26-15-19-8-5-11-29-19;/h4,6-7,12-13,19H,3,5,8-11,14-15H2,1-2H3,(H,26,28)(H2,23,24,27);1H. The molecular weight excluding hydrogens is 525 g/mol.